The number of carbonyl (C=O) groups excluding carboxylic acids is 1. The molecule has 0 spiro atoms. The second kappa shape index (κ2) is 4.96. The first-order valence-electron chi connectivity index (χ1n) is 6.00. The van der Waals surface area contributed by atoms with Crippen LogP contribution in [0.1, 0.15) is 16.1 Å². The van der Waals surface area contributed by atoms with Gasteiger partial charge in [0.2, 0.25) is 5.95 Å². The third-order valence-electron chi connectivity index (χ3n) is 2.71. The molecule has 7 nitrogen and oxygen atoms in total. The average Bonchev–Trinajstić information content (AvgIpc) is 3.11. The number of aryl methyl sites for hydroxylation is 1. The fourth-order valence-electron chi connectivity index (χ4n) is 1.75. The van der Waals surface area contributed by atoms with E-state index in [9.17, 15) is 4.79 Å². The van der Waals surface area contributed by atoms with Gasteiger partial charge < -0.3 is 4.98 Å². The number of hydrogen-bond acceptors (Lipinski definition) is 4. The highest BCUT2D eigenvalue weighted by Crippen LogP contribution is 2.09. The van der Waals surface area contributed by atoms with Gasteiger partial charge in [-0.05, 0) is 19.1 Å². The van der Waals surface area contributed by atoms with Crippen molar-refractivity contribution in [3.63, 3.8) is 0 Å². The normalized spacial score (nSPS) is 10.4. The molecule has 3 aromatic rings. The van der Waals surface area contributed by atoms with Crippen LogP contribution in [0, 0.1) is 6.92 Å². The van der Waals surface area contributed by atoms with E-state index >= 15 is 0 Å². The minimum Gasteiger partial charge on any atom is -0.328 e. The molecule has 3 aromatic heterocycles. The van der Waals surface area contributed by atoms with Gasteiger partial charge in [0, 0.05) is 36.0 Å². The molecule has 0 unspecified atom stereocenters. The molecule has 0 aliphatic heterocycles. The number of aromatic nitrogens is 5. The Kier molecular flexibility index (Phi) is 3.00. The molecule has 0 aliphatic rings. The Hall–Kier alpha value is -2.96. The van der Waals surface area contributed by atoms with Gasteiger partial charge >= 0.3 is 0 Å². The molecule has 0 atom stereocenters. The van der Waals surface area contributed by atoms with Gasteiger partial charge in [-0.2, -0.15) is 0 Å². The number of rotatable bonds is 3. The van der Waals surface area contributed by atoms with Gasteiger partial charge in [0.05, 0.1) is 0 Å². The van der Waals surface area contributed by atoms with E-state index in [4.69, 9.17) is 0 Å². The fraction of sp³-hybridized carbons (Fsp3) is 0.0769. The molecule has 1 amide bonds. The highest BCUT2D eigenvalue weighted by atomic mass is 16.1. The quantitative estimate of drug-likeness (QED) is 0.754. The van der Waals surface area contributed by atoms with Gasteiger partial charge in [-0.25, -0.2) is 15.0 Å². The molecule has 3 rings (SSSR count). The van der Waals surface area contributed by atoms with E-state index in [1.165, 1.54) is 0 Å². The molecule has 0 aliphatic carbocycles. The van der Waals surface area contributed by atoms with Gasteiger partial charge in [0.25, 0.3) is 5.91 Å². The van der Waals surface area contributed by atoms with Crippen LogP contribution in [0.4, 0.5) is 5.95 Å². The van der Waals surface area contributed by atoms with Crippen LogP contribution in [-0.2, 0) is 0 Å². The van der Waals surface area contributed by atoms with E-state index in [2.05, 4.69) is 25.3 Å². The minimum atomic E-state index is -0.247. The standard InChI is InChI=1S/C13H12N6O/c1-9-7-16-13(17-9)18-12(20)10-2-3-15-11(6-10)19-5-4-14-8-19/h2-8H,1H3,(H2,16,17,18,20). The number of H-pyrrole nitrogens is 1. The molecular formula is C13H12N6O. The summed E-state index contributed by atoms with van der Waals surface area (Å²) in [5, 5.41) is 2.69. The first-order valence-corrected chi connectivity index (χ1v) is 6.00. The zero-order valence-corrected chi connectivity index (χ0v) is 10.7. The highest BCUT2D eigenvalue weighted by Gasteiger charge is 2.09. The number of anilines is 1. The third kappa shape index (κ3) is 2.41. The lowest BCUT2D eigenvalue weighted by molar-refractivity contribution is 0.102. The monoisotopic (exact) mass is 268 g/mol. The first kappa shape index (κ1) is 12.1. The van der Waals surface area contributed by atoms with Crippen LogP contribution in [0.15, 0.2) is 43.2 Å². The second-order valence-corrected chi connectivity index (χ2v) is 4.24. The summed E-state index contributed by atoms with van der Waals surface area (Å²) in [6, 6.07) is 3.33. The Balaban J connectivity index is 1.83. The molecule has 0 fully saturated rings. The topological polar surface area (TPSA) is 88.5 Å². The smallest absolute Gasteiger partial charge is 0.258 e. The van der Waals surface area contributed by atoms with Gasteiger partial charge in [0.1, 0.15) is 12.1 Å². The van der Waals surface area contributed by atoms with E-state index in [-0.39, 0.29) is 5.91 Å². The summed E-state index contributed by atoms with van der Waals surface area (Å²) < 4.78 is 1.73. The summed E-state index contributed by atoms with van der Waals surface area (Å²) in [5.74, 6) is 0.808. The maximum atomic E-state index is 12.1. The van der Waals surface area contributed by atoms with Gasteiger partial charge in [-0.1, -0.05) is 0 Å². The first-order chi connectivity index (χ1) is 9.72. The Morgan fingerprint density at radius 1 is 1.35 bits per heavy atom. The molecule has 3 heterocycles. The lowest BCUT2D eigenvalue weighted by atomic mass is 10.2. The largest absolute Gasteiger partial charge is 0.328 e. The lowest BCUT2D eigenvalue weighted by Crippen LogP contribution is -2.13. The Morgan fingerprint density at radius 3 is 2.95 bits per heavy atom. The van der Waals surface area contributed by atoms with Crippen molar-refractivity contribution >= 4 is 11.9 Å². The van der Waals surface area contributed by atoms with Crippen LogP contribution in [0.25, 0.3) is 5.82 Å². The SMILES string of the molecule is Cc1cnc(NC(=O)c2ccnc(-n3ccnc3)c2)[nH]1. The van der Waals surface area contributed by atoms with Crippen LogP contribution in [0.5, 0.6) is 0 Å². The summed E-state index contributed by atoms with van der Waals surface area (Å²) >= 11 is 0. The molecule has 2 N–H and O–H groups in total. The van der Waals surface area contributed by atoms with Crippen molar-refractivity contribution in [3.05, 3.63) is 54.5 Å². The fourth-order valence-corrected chi connectivity index (χ4v) is 1.75. The molecule has 100 valence electrons. The van der Waals surface area contributed by atoms with Gasteiger partial charge in [0.15, 0.2) is 0 Å². The van der Waals surface area contributed by atoms with E-state index in [1.807, 2.05) is 6.92 Å². The van der Waals surface area contributed by atoms with Gasteiger partial charge in [-0.15, -0.1) is 0 Å². The molecule has 0 saturated carbocycles. The zero-order valence-electron chi connectivity index (χ0n) is 10.7. The Morgan fingerprint density at radius 2 is 2.25 bits per heavy atom. The number of hydrogen-bond donors (Lipinski definition) is 2. The predicted molar refractivity (Wildman–Crippen MR) is 72.6 cm³/mol. The van der Waals surface area contributed by atoms with Crippen molar-refractivity contribution in [2.75, 3.05) is 5.32 Å². The van der Waals surface area contributed by atoms with E-state index < -0.39 is 0 Å². The van der Waals surface area contributed by atoms with Crippen LogP contribution >= 0.6 is 0 Å². The number of aromatic amines is 1. The zero-order chi connectivity index (χ0) is 13.9. The van der Waals surface area contributed by atoms with E-state index in [0.29, 0.717) is 17.3 Å². The second-order valence-electron chi connectivity index (χ2n) is 4.24. The Bertz CT molecular complexity index is 731. The lowest BCUT2D eigenvalue weighted by Gasteiger charge is -2.05. The van der Waals surface area contributed by atoms with E-state index in [0.717, 1.165) is 5.69 Å². The van der Waals surface area contributed by atoms with Crippen molar-refractivity contribution in [2.45, 2.75) is 6.92 Å². The highest BCUT2D eigenvalue weighted by molar-refractivity contribution is 6.03. The van der Waals surface area contributed by atoms with Crippen LogP contribution in [-0.4, -0.2) is 30.4 Å². The molecule has 0 aromatic carbocycles. The Labute approximate surface area is 114 Å². The number of imidazole rings is 2. The van der Waals surface area contributed by atoms with Crippen LogP contribution in [0.3, 0.4) is 0 Å². The van der Waals surface area contributed by atoms with Crippen molar-refractivity contribution < 1.29 is 4.79 Å². The molecule has 0 saturated heterocycles. The molecule has 0 radical (unpaired) electrons. The predicted octanol–water partition coefficient (Wildman–Crippen LogP) is 1.55. The number of carbonyl (C=O) groups is 1. The molecule has 0 bridgehead atoms. The van der Waals surface area contributed by atoms with Gasteiger partial charge in [-0.3, -0.25) is 14.7 Å². The van der Waals surface area contributed by atoms with Crippen molar-refractivity contribution in [1.29, 1.82) is 0 Å². The molecule has 20 heavy (non-hydrogen) atoms. The number of pyridine rings is 1. The molecular weight excluding hydrogens is 256 g/mol. The maximum Gasteiger partial charge on any atom is 0.258 e. The van der Waals surface area contributed by atoms with E-state index in [1.54, 1.807) is 47.8 Å². The van der Waals surface area contributed by atoms with Crippen molar-refractivity contribution in [3.8, 4) is 5.82 Å². The average molecular weight is 268 g/mol. The van der Waals surface area contributed by atoms with Crippen LogP contribution in [0.2, 0.25) is 0 Å². The summed E-state index contributed by atoms with van der Waals surface area (Å²) in [4.78, 5) is 27.2. The van der Waals surface area contributed by atoms with Crippen LogP contribution < -0.4 is 5.32 Å². The number of nitrogens with zero attached hydrogens (tertiary/aromatic N) is 4. The third-order valence-corrected chi connectivity index (χ3v) is 2.71. The number of amides is 1. The van der Waals surface area contributed by atoms with Crippen molar-refractivity contribution in [1.82, 2.24) is 24.5 Å². The summed E-state index contributed by atoms with van der Waals surface area (Å²) in [7, 11) is 0. The minimum absolute atomic E-state index is 0.247. The molecule has 7 heteroatoms. The summed E-state index contributed by atoms with van der Waals surface area (Å²) in [5.41, 5.74) is 1.38. The maximum absolute atomic E-state index is 12.1. The summed E-state index contributed by atoms with van der Waals surface area (Å²) in [6.07, 6.45) is 8.27. The summed E-state index contributed by atoms with van der Waals surface area (Å²) in [6.45, 7) is 1.87. The number of nitrogens with one attached hydrogen (secondary N) is 2. The van der Waals surface area contributed by atoms with Crippen molar-refractivity contribution in [2.24, 2.45) is 0 Å².